The van der Waals surface area contributed by atoms with Gasteiger partial charge in [-0.05, 0) is 31.3 Å². The van der Waals surface area contributed by atoms with Gasteiger partial charge in [0, 0.05) is 5.92 Å². The Morgan fingerprint density at radius 2 is 1.24 bits per heavy atom. The number of rotatable bonds is 18. The van der Waals surface area contributed by atoms with Crippen molar-refractivity contribution in [3.8, 4) is 0 Å². The minimum absolute atomic E-state index is 0.380. The summed E-state index contributed by atoms with van der Waals surface area (Å²) >= 11 is 0. The molecule has 0 aliphatic heterocycles. The van der Waals surface area contributed by atoms with Crippen molar-refractivity contribution < 1.29 is 9.47 Å². The van der Waals surface area contributed by atoms with E-state index in [-0.39, 0.29) is 0 Å². The lowest BCUT2D eigenvalue weighted by atomic mass is 9.82. The van der Waals surface area contributed by atoms with Crippen LogP contribution in [0.25, 0.3) is 0 Å². The molecule has 0 radical (unpaired) electrons. The summed E-state index contributed by atoms with van der Waals surface area (Å²) in [6.45, 7) is 16.9. The standard InChI is InChI=1S/C23H46O2/c1-7-11-14-15-16-17-18-22(21(5)6)23(10-4,24-19-12-8-2)25-20-13-9-3/h10,21-22H,4,7-9,11-20H2,1-3,5-6H3. The van der Waals surface area contributed by atoms with Gasteiger partial charge in [-0.1, -0.05) is 92.6 Å². The SMILES string of the molecule is C=CC(OCCCC)(OCCCC)C(CCCCCCCC)C(C)C. The van der Waals surface area contributed by atoms with E-state index in [1.165, 1.54) is 38.5 Å². The number of hydrogen-bond acceptors (Lipinski definition) is 2. The maximum atomic E-state index is 6.34. The summed E-state index contributed by atoms with van der Waals surface area (Å²) in [6, 6.07) is 0. The average Bonchev–Trinajstić information content (AvgIpc) is 2.60. The predicted molar refractivity (Wildman–Crippen MR) is 111 cm³/mol. The van der Waals surface area contributed by atoms with Crippen molar-refractivity contribution in [2.45, 2.75) is 111 Å². The second kappa shape index (κ2) is 15.9. The maximum absolute atomic E-state index is 6.34. The van der Waals surface area contributed by atoms with Gasteiger partial charge in [0.25, 0.3) is 0 Å². The third kappa shape index (κ3) is 10.4. The first-order chi connectivity index (χ1) is 12.1. The van der Waals surface area contributed by atoms with Gasteiger partial charge in [0.05, 0.1) is 13.2 Å². The Bertz CT molecular complexity index is 288. The van der Waals surface area contributed by atoms with Crippen LogP contribution in [0.15, 0.2) is 12.7 Å². The summed E-state index contributed by atoms with van der Waals surface area (Å²) in [7, 11) is 0. The fourth-order valence-corrected chi connectivity index (χ4v) is 3.42. The Balaban J connectivity index is 4.83. The Labute approximate surface area is 158 Å². The van der Waals surface area contributed by atoms with Gasteiger partial charge in [0.2, 0.25) is 0 Å². The van der Waals surface area contributed by atoms with Crippen LogP contribution in [0.2, 0.25) is 0 Å². The molecule has 0 aliphatic carbocycles. The molecule has 0 bridgehead atoms. The highest BCUT2D eigenvalue weighted by Gasteiger charge is 2.39. The molecule has 0 heterocycles. The molecular formula is C23H46O2. The lowest BCUT2D eigenvalue weighted by Crippen LogP contribution is -2.45. The van der Waals surface area contributed by atoms with Gasteiger partial charge in [-0.15, -0.1) is 0 Å². The molecule has 0 aromatic carbocycles. The first-order valence-corrected chi connectivity index (χ1v) is 11.0. The Morgan fingerprint density at radius 1 is 0.760 bits per heavy atom. The lowest BCUT2D eigenvalue weighted by Gasteiger charge is -2.40. The first-order valence-electron chi connectivity index (χ1n) is 11.0. The fraction of sp³-hybridized carbons (Fsp3) is 0.913. The molecule has 2 nitrogen and oxygen atoms in total. The Hall–Kier alpha value is -0.340. The second-order valence-electron chi connectivity index (χ2n) is 7.74. The number of ether oxygens (including phenoxy) is 2. The summed E-state index contributed by atoms with van der Waals surface area (Å²) in [5.74, 6) is 0.295. The van der Waals surface area contributed by atoms with Crippen molar-refractivity contribution in [3.63, 3.8) is 0 Å². The van der Waals surface area contributed by atoms with Crippen LogP contribution >= 0.6 is 0 Å². The van der Waals surface area contributed by atoms with Crippen molar-refractivity contribution in [1.29, 1.82) is 0 Å². The van der Waals surface area contributed by atoms with E-state index in [4.69, 9.17) is 9.47 Å². The van der Waals surface area contributed by atoms with Gasteiger partial charge in [0.15, 0.2) is 5.79 Å². The molecule has 0 saturated carbocycles. The van der Waals surface area contributed by atoms with Crippen LogP contribution in [0.3, 0.4) is 0 Å². The van der Waals surface area contributed by atoms with Crippen molar-refractivity contribution >= 4 is 0 Å². The summed E-state index contributed by atoms with van der Waals surface area (Å²) in [4.78, 5) is 0. The second-order valence-corrected chi connectivity index (χ2v) is 7.74. The summed E-state index contributed by atoms with van der Waals surface area (Å²) in [5, 5.41) is 0. The molecule has 0 rings (SSSR count). The smallest absolute Gasteiger partial charge is 0.190 e. The van der Waals surface area contributed by atoms with E-state index in [2.05, 4.69) is 41.2 Å². The molecular weight excluding hydrogens is 308 g/mol. The zero-order valence-electron chi connectivity index (χ0n) is 17.9. The maximum Gasteiger partial charge on any atom is 0.190 e. The Kier molecular flexibility index (Phi) is 15.7. The molecule has 1 unspecified atom stereocenters. The predicted octanol–water partition coefficient (Wildman–Crippen LogP) is 7.52. The third-order valence-electron chi connectivity index (χ3n) is 5.13. The minimum Gasteiger partial charge on any atom is -0.346 e. The summed E-state index contributed by atoms with van der Waals surface area (Å²) in [6.07, 6.45) is 15.5. The highest BCUT2D eigenvalue weighted by atomic mass is 16.7. The normalized spacial score (nSPS) is 13.4. The number of unbranched alkanes of at least 4 members (excludes halogenated alkanes) is 7. The lowest BCUT2D eigenvalue weighted by molar-refractivity contribution is -0.244. The zero-order valence-corrected chi connectivity index (χ0v) is 17.9. The van der Waals surface area contributed by atoms with Crippen molar-refractivity contribution in [3.05, 3.63) is 12.7 Å². The quantitative estimate of drug-likeness (QED) is 0.144. The van der Waals surface area contributed by atoms with Crippen LogP contribution in [0, 0.1) is 11.8 Å². The van der Waals surface area contributed by atoms with E-state index < -0.39 is 5.79 Å². The zero-order chi connectivity index (χ0) is 19.0. The first kappa shape index (κ1) is 24.7. The van der Waals surface area contributed by atoms with E-state index in [9.17, 15) is 0 Å². The monoisotopic (exact) mass is 354 g/mol. The molecule has 0 aromatic rings. The van der Waals surface area contributed by atoms with Gasteiger partial charge in [-0.2, -0.15) is 0 Å². The van der Waals surface area contributed by atoms with Gasteiger partial charge in [-0.25, -0.2) is 0 Å². The molecule has 150 valence electrons. The van der Waals surface area contributed by atoms with Crippen LogP contribution < -0.4 is 0 Å². The summed E-state index contributed by atoms with van der Waals surface area (Å²) in [5.41, 5.74) is 0. The molecule has 1 atom stereocenters. The summed E-state index contributed by atoms with van der Waals surface area (Å²) < 4.78 is 12.7. The highest BCUT2D eigenvalue weighted by molar-refractivity contribution is 4.96. The van der Waals surface area contributed by atoms with Crippen LogP contribution in [0.5, 0.6) is 0 Å². The van der Waals surface area contributed by atoms with E-state index in [1.54, 1.807) is 0 Å². The fourth-order valence-electron chi connectivity index (χ4n) is 3.42. The molecule has 0 spiro atoms. The molecule has 0 amide bonds. The van der Waals surface area contributed by atoms with E-state index in [1.807, 2.05) is 6.08 Å². The van der Waals surface area contributed by atoms with Gasteiger partial charge >= 0.3 is 0 Å². The molecule has 0 N–H and O–H groups in total. The average molecular weight is 355 g/mol. The van der Waals surface area contributed by atoms with Gasteiger partial charge in [0.1, 0.15) is 0 Å². The largest absolute Gasteiger partial charge is 0.346 e. The third-order valence-corrected chi connectivity index (χ3v) is 5.13. The highest BCUT2D eigenvalue weighted by Crippen LogP contribution is 2.36. The van der Waals surface area contributed by atoms with E-state index in [0.29, 0.717) is 11.8 Å². The van der Waals surface area contributed by atoms with Crippen LogP contribution in [0.4, 0.5) is 0 Å². The van der Waals surface area contributed by atoms with Crippen molar-refractivity contribution in [2.75, 3.05) is 13.2 Å². The van der Waals surface area contributed by atoms with Gasteiger partial charge in [-0.3, -0.25) is 0 Å². The minimum atomic E-state index is -0.609. The van der Waals surface area contributed by atoms with E-state index in [0.717, 1.165) is 45.3 Å². The molecule has 0 fully saturated rings. The van der Waals surface area contributed by atoms with Gasteiger partial charge < -0.3 is 9.47 Å². The topological polar surface area (TPSA) is 18.5 Å². The molecule has 0 aromatic heterocycles. The molecule has 0 saturated heterocycles. The van der Waals surface area contributed by atoms with Crippen LogP contribution in [-0.4, -0.2) is 19.0 Å². The van der Waals surface area contributed by atoms with Crippen LogP contribution in [0.1, 0.15) is 105 Å². The molecule has 2 heteroatoms. The van der Waals surface area contributed by atoms with Crippen molar-refractivity contribution in [2.24, 2.45) is 11.8 Å². The Morgan fingerprint density at radius 3 is 1.68 bits per heavy atom. The van der Waals surface area contributed by atoms with Crippen LogP contribution in [-0.2, 0) is 9.47 Å². The molecule has 25 heavy (non-hydrogen) atoms. The van der Waals surface area contributed by atoms with Crippen molar-refractivity contribution in [1.82, 2.24) is 0 Å². The molecule has 0 aliphatic rings. The van der Waals surface area contributed by atoms with E-state index >= 15 is 0 Å². The number of hydrogen-bond donors (Lipinski definition) is 0.